The Morgan fingerprint density at radius 1 is 1.24 bits per heavy atom. The molecule has 2 aromatic rings. The highest BCUT2D eigenvalue weighted by atomic mass is 19.4. The van der Waals surface area contributed by atoms with Crippen LogP contribution in [-0.4, -0.2) is 15.7 Å². The Kier molecular flexibility index (Phi) is 4.69. The summed E-state index contributed by atoms with van der Waals surface area (Å²) in [5.41, 5.74) is -4.99. The number of nitriles is 1. The second kappa shape index (κ2) is 6.43. The molecule has 0 aliphatic heterocycles. The number of hydrogen-bond acceptors (Lipinski definition) is 4. The normalized spacial score (nSPS) is 11.2. The molecule has 0 radical (unpaired) electrons. The third-order valence-corrected chi connectivity index (χ3v) is 3.32. The Morgan fingerprint density at radius 2 is 1.88 bits per heavy atom. The minimum atomic E-state index is -4.92. The lowest BCUT2D eigenvalue weighted by atomic mass is 10.2. The maximum absolute atomic E-state index is 14.2. The lowest BCUT2D eigenvalue weighted by Gasteiger charge is -2.15. The van der Waals surface area contributed by atoms with Crippen LogP contribution in [0.15, 0.2) is 27.8 Å². The number of alkyl halides is 3. The van der Waals surface area contributed by atoms with Gasteiger partial charge in [0.25, 0.3) is 5.56 Å². The highest BCUT2D eigenvalue weighted by Gasteiger charge is 2.35. The van der Waals surface area contributed by atoms with Gasteiger partial charge in [0.1, 0.15) is 23.3 Å². The van der Waals surface area contributed by atoms with Gasteiger partial charge in [-0.15, -0.1) is 0 Å². The zero-order valence-corrected chi connectivity index (χ0v) is 13.0. The van der Waals surface area contributed by atoms with Crippen molar-refractivity contribution in [2.75, 3.05) is 6.61 Å². The molecular weight excluding hydrogens is 346 g/mol. The summed E-state index contributed by atoms with van der Waals surface area (Å²) in [5, 5.41) is 8.95. The van der Waals surface area contributed by atoms with Gasteiger partial charge in [-0.25, -0.2) is 13.8 Å². The first-order valence-corrected chi connectivity index (χ1v) is 6.88. The Bertz CT molecular complexity index is 984. The van der Waals surface area contributed by atoms with Gasteiger partial charge in [0, 0.05) is 19.2 Å². The monoisotopic (exact) mass is 357 g/mol. The van der Waals surface area contributed by atoms with Crippen molar-refractivity contribution < 1.29 is 22.3 Å². The molecule has 0 amide bonds. The van der Waals surface area contributed by atoms with Crippen LogP contribution in [0.1, 0.15) is 18.2 Å². The zero-order chi connectivity index (χ0) is 18.9. The topological polar surface area (TPSA) is 77.0 Å². The molecule has 0 atom stereocenters. The first kappa shape index (κ1) is 18.3. The Balaban J connectivity index is 2.83. The summed E-state index contributed by atoms with van der Waals surface area (Å²) in [4.78, 5) is 24.2. The molecule has 2 rings (SSSR count). The molecular formula is C15H11F4N3O3. The molecule has 1 aromatic heterocycles. The van der Waals surface area contributed by atoms with Crippen LogP contribution in [0.3, 0.4) is 0 Å². The molecule has 1 heterocycles. The molecule has 0 bridgehead atoms. The maximum Gasteiger partial charge on any atom is 0.431 e. The van der Waals surface area contributed by atoms with Crippen molar-refractivity contribution in [2.45, 2.75) is 13.1 Å². The fraction of sp³-hybridized carbons (Fsp3) is 0.267. The van der Waals surface area contributed by atoms with E-state index in [1.165, 1.54) is 0 Å². The number of benzene rings is 1. The predicted molar refractivity (Wildman–Crippen MR) is 78.1 cm³/mol. The fourth-order valence-electron chi connectivity index (χ4n) is 2.20. The highest BCUT2D eigenvalue weighted by Crippen LogP contribution is 2.28. The molecule has 132 valence electrons. The largest absolute Gasteiger partial charge is 0.492 e. The van der Waals surface area contributed by atoms with E-state index in [0.717, 1.165) is 19.2 Å². The first-order chi connectivity index (χ1) is 11.6. The van der Waals surface area contributed by atoms with Gasteiger partial charge in [0.2, 0.25) is 0 Å². The van der Waals surface area contributed by atoms with Gasteiger partial charge in [-0.2, -0.15) is 18.4 Å². The van der Waals surface area contributed by atoms with Gasteiger partial charge < -0.3 is 4.74 Å². The summed E-state index contributed by atoms with van der Waals surface area (Å²) in [6.07, 6.45) is -4.92. The summed E-state index contributed by atoms with van der Waals surface area (Å²) >= 11 is 0. The molecule has 0 saturated heterocycles. The van der Waals surface area contributed by atoms with Crippen LogP contribution in [0, 0.1) is 17.1 Å². The number of rotatable bonds is 3. The lowest BCUT2D eigenvalue weighted by molar-refractivity contribution is -0.144. The van der Waals surface area contributed by atoms with Gasteiger partial charge in [-0.3, -0.25) is 9.36 Å². The van der Waals surface area contributed by atoms with Crippen molar-refractivity contribution in [1.82, 2.24) is 9.13 Å². The second-order valence-corrected chi connectivity index (χ2v) is 4.89. The van der Waals surface area contributed by atoms with Crippen molar-refractivity contribution in [3.63, 3.8) is 0 Å². The molecule has 6 nitrogen and oxygen atoms in total. The molecule has 1 aromatic carbocycles. The third-order valence-electron chi connectivity index (χ3n) is 3.32. The molecule has 0 aliphatic rings. The van der Waals surface area contributed by atoms with Gasteiger partial charge in [0.15, 0.2) is 0 Å². The minimum Gasteiger partial charge on any atom is -0.492 e. The molecule has 0 spiro atoms. The van der Waals surface area contributed by atoms with Crippen LogP contribution in [-0.2, 0) is 13.2 Å². The molecule has 0 aliphatic carbocycles. The number of aromatic nitrogens is 2. The van der Waals surface area contributed by atoms with E-state index in [-0.39, 0.29) is 33.1 Å². The molecule has 0 N–H and O–H groups in total. The summed E-state index contributed by atoms with van der Waals surface area (Å²) in [5.74, 6) is -1.23. The molecule has 25 heavy (non-hydrogen) atoms. The zero-order valence-electron chi connectivity index (χ0n) is 13.0. The highest BCUT2D eigenvalue weighted by molar-refractivity contribution is 5.51. The van der Waals surface area contributed by atoms with E-state index in [4.69, 9.17) is 10.00 Å². The average Bonchev–Trinajstić information content (AvgIpc) is 2.52. The Morgan fingerprint density at radius 3 is 2.40 bits per heavy atom. The number of hydrogen-bond donors (Lipinski definition) is 0. The van der Waals surface area contributed by atoms with E-state index in [1.54, 1.807) is 13.0 Å². The van der Waals surface area contributed by atoms with Crippen molar-refractivity contribution in [3.8, 4) is 17.5 Å². The Hall–Kier alpha value is -3.09. The van der Waals surface area contributed by atoms with E-state index >= 15 is 0 Å². The van der Waals surface area contributed by atoms with E-state index < -0.39 is 34.6 Å². The van der Waals surface area contributed by atoms with E-state index in [0.29, 0.717) is 0 Å². The standard InChI is InChI=1S/C15H11F4N3O3/c1-3-25-11-5-10(9(16)4-8(11)7-20)22-13(23)6-12(15(17,18)19)21(2)14(22)24/h4-6H,3H2,1-2H3. The molecule has 0 fully saturated rings. The SMILES string of the molecule is CCOc1cc(-n2c(=O)cc(C(F)(F)F)n(C)c2=O)c(F)cc1C#N. The van der Waals surface area contributed by atoms with Gasteiger partial charge in [0.05, 0.1) is 17.9 Å². The van der Waals surface area contributed by atoms with Crippen LogP contribution < -0.4 is 16.0 Å². The number of ether oxygens (including phenoxy) is 1. The van der Waals surface area contributed by atoms with Crippen LogP contribution in [0.2, 0.25) is 0 Å². The smallest absolute Gasteiger partial charge is 0.431 e. The van der Waals surface area contributed by atoms with E-state index in [2.05, 4.69) is 0 Å². The summed E-state index contributed by atoms with van der Waals surface area (Å²) in [6.45, 7) is 1.70. The maximum atomic E-state index is 14.2. The van der Waals surface area contributed by atoms with Gasteiger partial charge in [-0.1, -0.05) is 0 Å². The number of halogens is 4. The van der Waals surface area contributed by atoms with Crippen LogP contribution in [0.25, 0.3) is 5.69 Å². The summed E-state index contributed by atoms with van der Waals surface area (Å²) in [6, 6.07) is 3.54. The van der Waals surface area contributed by atoms with Crippen molar-refractivity contribution >= 4 is 0 Å². The summed E-state index contributed by atoms with van der Waals surface area (Å²) in [7, 11) is 0.812. The fourth-order valence-corrected chi connectivity index (χ4v) is 2.20. The van der Waals surface area contributed by atoms with Crippen LogP contribution in [0.5, 0.6) is 5.75 Å². The van der Waals surface area contributed by atoms with Crippen molar-refractivity contribution in [2.24, 2.45) is 7.05 Å². The number of nitrogens with zero attached hydrogens (tertiary/aromatic N) is 3. The van der Waals surface area contributed by atoms with Crippen LogP contribution in [0.4, 0.5) is 17.6 Å². The van der Waals surface area contributed by atoms with Crippen molar-refractivity contribution in [1.29, 1.82) is 5.26 Å². The average molecular weight is 357 g/mol. The Labute approximate surface area is 138 Å². The lowest BCUT2D eigenvalue weighted by Crippen LogP contribution is -2.41. The van der Waals surface area contributed by atoms with Gasteiger partial charge in [-0.05, 0) is 13.0 Å². The predicted octanol–water partition coefficient (Wildman–Crippen LogP) is 1.96. The summed E-state index contributed by atoms with van der Waals surface area (Å²) < 4.78 is 58.4. The first-order valence-electron chi connectivity index (χ1n) is 6.88. The van der Waals surface area contributed by atoms with E-state index in [9.17, 15) is 27.2 Å². The second-order valence-electron chi connectivity index (χ2n) is 4.89. The molecule has 0 unspecified atom stereocenters. The molecule has 10 heteroatoms. The quantitative estimate of drug-likeness (QED) is 0.787. The van der Waals surface area contributed by atoms with Crippen LogP contribution >= 0.6 is 0 Å². The van der Waals surface area contributed by atoms with E-state index in [1.807, 2.05) is 0 Å². The van der Waals surface area contributed by atoms with Crippen molar-refractivity contribution in [3.05, 3.63) is 56.1 Å². The third kappa shape index (κ3) is 3.26. The minimum absolute atomic E-state index is 0.102. The van der Waals surface area contributed by atoms with Gasteiger partial charge >= 0.3 is 11.9 Å². The molecule has 0 saturated carbocycles.